The highest BCUT2D eigenvalue weighted by molar-refractivity contribution is 5.99. The quantitative estimate of drug-likeness (QED) is 0.0431. The Balaban J connectivity index is 0.958. The molecule has 2 aliphatic rings. The first-order valence-corrected chi connectivity index (χ1v) is 21.7. The van der Waals surface area contributed by atoms with E-state index in [4.69, 9.17) is 26.7 Å². The number of pyridine rings is 2. The summed E-state index contributed by atoms with van der Waals surface area (Å²) in [6.07, 6.45) is 0.714. The zero-order valence-corrected chi connectivity index (χ0v) is 37.2. The predicted molar refractivity (Wildman–Crippen MR) is 253 cm³/mol. The number of azo groups is 2. The van der Waals surface area contributed by atoms with E-state index in [0.717, 1.165) is 31.7 Å². The number of carbonyl (C=O) groups excluding carboxylic acids is 5. The van der Waals surface area contributed by atoms with Crippen LogP contribution in [0.4, 0.5) is 46.0 Å². The molecule has 22 nitrogen and oxygen atoms in total. The zero-order chi connectivity index (χ0) is 48.0. The van der Waals surface area contributed by atoms with Crippen molar-refractivity contribution in [3.8, 4) is 11.5 Å². The van der Waals surface area contributed by atoms with Gasteiger partial charge >= 0.3 is 11.9 Å². The van der Waals surface area contributed by atoms with Gasteiger partial charge in [0.1, 0.15) is 34.4 Å². The second-order valence-electron chi connectivity index (χ2n) is 15.9. The van der Waals surface area contributed by atoms with Crippen LogP contribution in [0, 0.1) is 0 Å². The highest BCUT2D eigenvalue weighted by Crippen LogP contribution is 2.37. The lowest BCUT2D eigenvalue weighted by atomic mass is 9.98. The van der Waals surface area contributed by atoms with Gasteiger partial charge in [-0.15, -0.1) is 20.5 Å². The Morgan fingerprint density at radius 2 is 1.21 bits per heavy atom. The summed E-state index contributed by atoms with van der Waals surface area (Å²) in [4.78, 5) is 77.6. The highest BCUT2D eigenvalue weighted by atomic mass is 16.5. The molecular formula is C46H51N15O7. The second kappa shape index (κ2) is 22.9. The SMILES string of the molecule is CN1CCN(CC(=O)Oc2cc(C3CCN(CC(=O)Oc4ccccc4N=Nc4ccc(NC(=O)CNC(=O)c5ccccc5)nc4N)C3)ccc2N=Nc2ccc(NC(=O)CN)nc2N)CC1. The van der Waals surface area contributed by atoms with Gasteiger partial charge in [0.25, 0.3) is 5.91 Å². The molecule has 7 rings (SSSR count). The third-order valence-electron chi connectivity index (χ3n) is 10.8. The Morgan fingerprint density at radius 1 is 0.647 bits per heavy atom. The van der Waals surface area contributed by atoms with Gasteiger partial charge in [-0.05, 0) is 92.2 Å². The van der Waals surface area contributed by atoms with Crippen LogP contribution >= 0.6 is 0 Å². The first-order chi connectivity index (χ1) is 32.9. The number of esters is 2. The number of amides is 3. The fourth-order valence-corrected chi connectivity index (χ4v) is 7.20. The summed E-state index contributed by atoms with van der Waals surface area (Å²) in [5.41, 5.74) is 19.9. The molecule has 2 saturated heterocycles. The number of nitrogens with two attached hydrogens (primary N) is 3. The largest absolute Gasteiger partial charge is 0.423 e. The average molecular weight is 926 g/mol. The molecular weight excluding hydrogens is 875 g/mol. The summed E-state index contributed by atoms with van der Waals surface area (Å²) in [5, 5.41) is 24.8. The minimum absolute atomic E-state index is 0.00865. The van der Waals surface area contributed by atoms with Gasteiger partial charge in [-0.1, -0.05) is 36.4 Å². The number of hydrogen-bond donors (Lipinski definition) is 6. The molecule has 0 radical (unpaired) electrons. The number of nitrogen functional groups attached to an aromatic ring is 2. The molecule has 1 atom stereocenters. The van der Waals surface area contributed by atoms with Crippen molar-refractivity contribution in [2.75, 3.05) is 94.6 Å². The number of rotatable bonds is 17. The van der Waals surface area contributed by atoms with Crippen LogP contribution in [0.2, 0.25) is 0 Å². The van der Waals surface area contributed by atoms with E-state index in [9.17, 15) is 24.0 Å². The van der Waals surface area contributed by atoms with Crippen molar-refractivity contribution in [2.45, 2.75) is 12.3 Å². The zero-order valence-electron chi connectivity index (χ0n) is 37.2. The lowest BCUT2D eigenvalue weighted by molar-refractivity contribution is -0.136. The van der Waals surface area contributed by atoms with Crippen molar-refractivity contribution in [3.05, 3.63) is 108 Å². The number of nitrogens with zero attached hydrogens (tertiary/aromatic N) is 9. The Morgan fingerprint density at radius 3 is 1.85 bits per heavy atom. The smallest absolute Gasteiger partial charge is 0.325 e. The van der Waals surface area contributed by atoms with E-state index in [1.54, 1.807) is 72.8 Å². The molecule has 22 heteroatoms. The van der Waals surface area contributed by atoms with Crippen LogP contribution in [0.15, 0.2) is 118 Å². The molecule has 9 N–H and O–H groups in total. The van der Waals surface area contributed by atoms with Crippen molar-refractivity contribution < 1.29 is 33.4 Å². The van der Waals surface area contributed by atoms with E-state index >= 15 is 0 Å². The third-order valence-corrected chi connectivity index (χ3v) is 10.8. The maximum absolute atomic E-state index is 13.3. The maximum Gasteiger partial charge on any atom is 0.325 e. The van der Waals surface area contributed by atoms with Gasteiger partial charge in [0, 0.05) is 38.3 Å². The lowest BCUT2D eigenvalue weighted by Gasteiger charge is -2.31. The molecule has 2 fully saturated rings. The number of nitrogens with one attached hydrogen (secondary N) is 3. The number of likely N-dealkylation sites (tertiary alicyclic amines) is 1. The van der Waals surface area contributed by atoms with E-state index in [-0.39, 0.29) is 89.6 Å². The molecule has 3 aromatic carbocycles. The van der Waals surface area contributed by atoms with Crippen molar-refractivity contribution in [1.29, 1.82) is 0 Å². The number of anilines is 4. The van der Waals surface area contributed by atoms with E-state index in [1.165, 1.54) is 18.2 Å². The first kappa shape index (κ1) is 47.9. The third kappa shape index (κ3) is 13.5. The Bertz CT molecular complexity index is 2690. The Labute approximate surface area is 391 Å². The van der Waals surface area contributed by atoms with Gasteiger partial charge in [0.05, 0.1) is 26.2 Å². The summed E-state index contributed by atoms with van der Waals surface area (Å²) in [6, 6.07) is 26.6. The number of likely N-dealkylation sites (N-methyl/N-ethyl adjacent to an activating group) is 1. The van der Waals surface area contributed by atoms with Gasteiger partial charge in [-0.3, -0.25) is 33.8 Å². The van der Waals surface area contributed by atoms with Crippen LogP contribution in [-0.4, -0.2) is 127 Å². The van der Waals surface area contributed by atoms with Crippen molar-refractivity contribution >= 4 is 75.7 Å². The van der Waals surface area contributed by atoms with E-state index in [2.05, 4.69) is 51.3 Å². The molecule has 3 amide bonds. The minimum Gasteiger partial charge on any atom is -0.423 e. The van der Waals surface area contributed by atoms with Gasteiger partial charge in [-0.25, -0.2) is 9.97 Å². The molecule has 0 bridgehead atoms. The average Bonchev–Trinajstić information content (AvgIpc) is 3.80. The van der Waals surface area contributed by atoms with Crippen LogP contribution in [0.25, 0.3) is 0 Å². The highest BCUT2D eigenvalue weighted by Gasteiger charge is 2.28. The molecule has 4 heterocycles. The van der Waals surface area contributed by atoms with Crippen LogP contribution in [0.1, 0.15) is 28.3 Å². The summed E-state index contributed by atoms with van der Waals surface area (Å²) >= 11 is 0. The van der Waals surface area contributed by atoms with E-state index in [1.807, 2.05) is 22.9 Å². The molecule has 2 aromatic heterocycles. The standard InChI is InChI=1S/C46H51N15O7/c1-59-19-21-60(22-20-59)27-42(64)68-37-23-30(11-12-33(37)56-58-35-13-15-38(53-44(35)48)51-40(62)24-47)31-17-18-61(26-31)28-43(65)67-36-10-6-5-9-32(36)55-57-34-14-16-39(54-45(34)49)52-41(63)25-50-46(66)29-7-3-2-4-8-29/h2-16,23,31H,17-22,24-28,47H2,1H3,(H,50,66)(H3,48,51,53,62)(H3,49,52,54,63). The Kier molecular flexibility index (Phi) is 16.1. The predicted octanol–water partition coefficient (Wildman–Crippen LogP) is 4.29. The number of ether oxygens (including phenoxy) is 2. The van der Waals surface area contributed by atoms with E-state index < -0.39 is 29.7 Å². The number of hydrogen-bond acceptors (Lipinski definition) is 19. The Hall–Kier alpha value is -8.05. The van der Waals surface area contributed by atoms with Crippen LogP contribution < -0.4 is 42.6 Å². The second-order valence-corrected chi connectivity index (χ2v) is 15.9. The topological polar surface area (TPSA) is 303 Å². The number of aromatic nitrogens is 2. The molecule has 5 aromatic rings. The monoisotopic (exact) mass is 925 g/mol. The lowest BCUT2D eigenvalue weighted by Crippen LogP contribution is -2.46. The van der Waals surface area contributed by atoms with Gasteiger partial charge in [0.2, 0.25) is 11.8 Å². The summed E-state index contributed by atoms with van der Waals surface area (Å²) < 4.78 is 11.7. The van der Waals surface area contributed by atoms with Crippen molar-refractivity contribution in [3.63, 3.8) is 0 Å². The van der Waals surface area contributed by atoms with E-state index in [0.29, 0.717) is 25.1 Å². The van der Waals surface area contributed by atoms with Gasteiger partial charge in [0.15, 0.2) is 23.1 Å². The van der Waals surface area contributed by atoms with Crippen molar-refractivity contribution in [2.24, 2.45) is 26.2 Å². The van der Waals surface area contributed by atoms with Crippen LogP contribution in [0.5, 0.6) is 11.5 Å². The molecule has 352 valence electrons. The summed E-state index contributed by atoms with van der Waals surface area (Å²) in [6.45, 7) is 3.85. The molecule has 0 saturated carbocycles. The van der Waals surface area contributed by atoms with Crippen molar-refractivity contribution in [1.82, 2.24) is 30.0 Å². The summed E-state index contributed by atoms with van der Waals surface area (Å²) in [5.74, 6) is -1.52. The molecule has 0 spiro atoms. The number of piperazine rings is 1. The van der Waals surface area contributed by atoms with Gasteiger partial charge in [-0.2, -0.15) is 0 Å². The van der Waals surface area contributed by atoms with Crippen LogP contribution in [0.3, 0.4) is 0 Å². The summed E-state index contributed by atoms with van der Waals surface area (Å²) in [7, 11) is 2.04. The fraction of sp³-hybridized carbons (Fsp3) is 0.283. The molecule has 0 aliphatic carbocycles. The number of benzene rings is 3. The molecule has 1 unspecified atom stereocenters. The fourth-order valence-electron chi connectivity index (χ4n) is 7.20. The number of carbonyl (C=O) groups is 5. The first-order valence-electron chi connectivity index (χ1n) is 21.7. The minimum atomic E-state index is -0.507. The number of para-hydroxylation sites is 1. The van der Waals surface area contributed by atoms with Gasteiger partial charge < -0.3 is 47.5 Å². The maximum atomic E-state index is 13.3. The molecule has 68 heavy (non-hydrogen) atoms. The molecule has 2 aliphatic heterocycles. The van der Waals surface area contributed by atoms with Crippen LogP contribution in [-0.2, 0) is 19.2 Å². The normalized spacial score (nSPS) is 15.6.